The summed E-state index contributed by atoms with van der Waals surface area (Å²) in [6.45, 7) is 0. The van der Waals surface area contributed by atoms with Crippen LogP contribution in [-0.2, 0) is 0 Å². The first-order valence-corrected chi connectivity index (χ1v) is 6.84. The molecule has 2 atom stereocenters. The molecule has 2 N–H and O–H groups in total. The van der Waals surface area contributed by atoms with E-state index in [1.54, 1.807) is 0 Å². The van der Waals surface area contributed by atoms with Gasteiger partial charge in [-0.3, -0.25) is 14.9 Å². The Balaban J connectivity index is 2.15. The molecule has 1 aromatic rings. The molecule has 0 radical (unpaired) electrons. The summed E-state index contributed by atoms with van der Waals surface area (Å²) in [4.78, 5) is 22.5. The number of aliphatic hydroxyl groups is 1. The number of ether oxygens (including phenoxy) is 1. The largest absolute Gasteiger partial charge is 0.490 e. The molecule has 0 saturated heterocycles. The predicted octanol–water partition coefficient (Wildman–Crippen LogP) is 1.64. The smallest absolute Gasteiger partial charge is 0.311 e. The van der Waals surface area contributed by atoms with Crippen molar-refractivity contribution >= 4 is 11.6 Å². The summed E-state index contributed by atoms with van der Waals surface area (Å²) in [6.07, 6.45) is 2.71. The van der Waals surface area contributed by atoms with Crippen LogP contribution in [0.15, 0.2) is 18.2 Å². The summed E-state index contributed by atoms with van der Waals surface area (Å²) in [6, 6.07) is 3.75. The van der Waals surface area contributed by atoms with Gasteiger partial charge in [0, 0.05) is 11.6 Å². The molecule has 0 bridgehead atoms. The van der Waals surface area contributed by atoms with E-state index in [1.165, 1.54) is 25.3 Å². The molecule has 1 aliphatic rings. The van der Waals surface area contributed by atoms with Crippen molar-refractivity contribution in [1.82, 2.24) is 5.32 Å². The lowest BCUT2D eigenvalue weighted by atomic mass is 9.92. The second-order valence-electron chi connectivity index (χ2n) is 5.08. The van der Waals surface area contributed by atoms with E-state index < -0.39 is 16.9 Å². The third-order valence-corrected chi connectivity index (χ3v) is 3.68. The first kappa shape index (κ1) is 15.2. The highest BCUT2D eigenvalue weighted by molar-refractivity contribution is 5.95. The minimum absolute atomic E-state index is 0.106. The molecule has 2 unspecified atom stereocenters. The summed E-state index contributed by atoms with van der Waals surface area (Å²) in [7, 11) is 1.33. The fourth-order valence-electron chi connectivity index (χ4n) is 2.51. The van der Waals surface area contributed by atoms with Crippen LogP contribution in [0, 0.1) is 10.1 Å². The van der Waals surface area contributed by atoms with Crippen LogP contribution >= 0.6 is 0 Å². The number of hydrogen-bond donors (Lipinski definition) is 2. The normalized spacial score (nSPS) is 21.6. The molecule has 0 heterocycles. The molecule has 1 amide bonds. The van der Waals surface area contributed by atoms with Crippen molar-refractivity contribution in [2.24, 2.45) is 0 Å². The van der Waals surface area contributed by atoms with Gasteiger partial charge < -0.3 is 15.2 Å². The van der Waals surface area contributed by atoms with E-state index >= 15 is 0 Å². The molecular weight excluding hydrogens is 276 g/mol. The Kier molecular flexibility index (Phi) is 4.74. The van der Waals surface area contributed by atoms with Gasteiger partial charge in [0.15, 0.2) is 5.75 Å². The van der Waals surface area contributed by atoms with Gasteiger partial charge in [0.2, 0.25) is 0 Å². The van der Waals surface area contributed by atoms with Gasteiger partial charge in [0.25, 0.3) is 5.91 Å². The number of nitrogens with one attached hydrogen (secondary N) is 1. The SMILES string of the molecule is COc1ccc(C(=O)NC2CCCCC2O)cc1[N+](=O)[O-]. The Morgan fingerprint density at radius 1 is 1.43 bits per heavy atom. The van der Waals surface area contributed by atoms with Gasteiger partial charge in [0.1, 0.15) is 0 Å². The number of rotatable bonds is 4. The van der Waals surface area contributed by atoms with E-state index in [4.69, 9.17) is 4.74 Å². The number of carbonyl (C=O) groups is 1. The lowest BCUT2D eigenvalue weighted by molar-refractivity contribution is -0.385. The number of aliphatic hydroxyl groups excluding tert-OH is 1. The topological polar surface area (TPSA) is 102 Å². The van der Waals surface area contributed by atoms with Crippen LogP contribution in [0.4, 0.5) is 5.69 Å². The first-order chi connectivity index (χ1) is 10.0. The van der Waals surface area contributed by atoms with Gasteiger partial charge >= 0.3 is 5.69 Å². The van der Waals surface area contributed by atoms with Crippen molar-refractivity contribution < 1.29 is 19.6 Å². The van der Waals surface area contributed by atoms with Crippen molar-refractivity contribution in [2.75, 3.05) is 7.11 Å². The van der Waals surface area contributed by atoms with Crippen LogP contribution in [0.5, 0.6) is 5.75 Å². The van der Waals surface area contributed by atoms with E-state index in [2.05, 4.69) is 5.32 Å². The average Bonchev–Trinajstić information content (AvgIpc) is 2.48. The highest BCUT2D eigenvalue weighted by Gasteiger charge is 2.26. The minimum atomic E-state index is -0.592. The predicted molar refractivity (Wildman–Crippen MR) is 75.4 cm³/mol. The van der Waals surface area contributed by atoms with Crippen LogP contribution in [0.2, 0.25) is 0 Å². The zero-order valence-electron chi connectivity index (χ0n) is 11.7. The van der Waals surface area contributed by atoms with Gasteiger partial charge in [-0.2, -0.15) is 0 Å². The summed E-state index contributed by atoms with van der Waals surface area (Å²) < 4.78 is 4.90. The molecule has 0 aromatic heterocycles. The Morgan fingerprint density at radius 3 is 2.76 bits per heavy atom. The van der Waals surface area contributed by atoms with E-state index in [9.17, 15) is 20.0 Å². The summed E-state index contributed by atoms with van der Waals surface area (Å²) in [5.74, 6) is -0.319. The number of nitro groups is 1. The molecule has 7 nitrogen and oxygen atoms in total. The molecule has 114 valence electrons. The molecule has 1 saturated carbocycles. The molecule has 1 fully saturated rings. The van der Waals surface area contributed by atoms with Crippen LogP contribution in [0.3, 0.4) is 0 Å². The quantitative estimate of drug-likeness (QED) is 0.649. The van der Waals surface area contributed by atoms with E-state index in [0.717, 1.165) is 12.8 Å². The van der Waals surface area contributed by atoms with Crippen LogP contribution in [-0.4, -0.2) is 35.2 Å². The van der Waals surface area contributed by atoms with Crippen LogP contribution < -0.4 is 10.1 Å². The number of benzene rings is 1. The molecule has 0 aliphatic heterocycles. The maximum atomic E-state index is 12.1. The third-order valence-electron chi connectivity index (χ3n) is 3.68. The van der Waals surface area contributed by atoms with Gasteiger partial charge in [-0.1, -0.05) is 12.8 Å². The summed E-state index contributed by atoms with van der Waals surface area (Å²) in [5.41, 5.74) is -0.0744. The zero-order chi connectivity index (χ0) is 15.4. The fraction of sp³-hybridized carbons (Fsp3) is 0.500. The van der Waals surface area contributed by atoms with E-state index in [1.807, 2.05) is 0 Å². The van der Waals surface area contributed by atoms with Gasteiger partial charge in [0.05, 0.1) is 24.2 Å². The third kappa shape index (κ3) is 3.49. The van der Waals surface area contributed by atoms with Crippen molar-refractivity contribution in [1.29, 1.82) is 0 Å². The molecule has 1 aliphatic carbocycles. The summed E-state index contributed by atoms with van der Waals surface area (Å²) in [5, 5.41) is 23.5. The second-order valence-corrected chi connectivity index (χ2v) is 5.08. The second kappa shape index (κ2) is 6.53. The molecule has 7 heteroatoms. The number of carbonyl (C=O) groups excluding carboxylic acids is 1. The van der Waals surface area contributed by atoms with E-state index in [0.29, 0.717) is 12.8 Å². The molecule has 2 rings (SSSR count). The summed E-state index contributed by atoms with van der Waals surface area (Å²) >= 11 is 0. The van der Waals surface area contributed by atoms with Crippen LogP contribution in [0.25, 0.3) is 0 Å². The minimum Gasteiger partial charge on any atom is -0.490 e. The Hall–Kier alpha value is -2.15. The highest BCUT2D eigenvalue weighted by Crippen LogP contribution is 2.27. The highest BCUT2D eigenvalue weighted by atomic mass is 16.6. The maximum absolute atomic E-state index is 12.1. The van der Waals surface area contributed by atoms with Crippen molar-refractivity contribution in [3.63, 3.8) is 0 Å². The Morgan fingerprint density at radius 2 is 2.14 bits per heavy atom. The zero-order valence-corrected chi connectivity index (χ0v) is 11.7. The number of nitro benzene ring substituents is 1. The van der Waals surface area contributed by atoms with E-state index in [-0.39, 0.29) is 23.0 Å². The van der Waals surface area contributed by atoms with Gasteiger partial charge in [-0.15, -0.1) is 0 Å². The molecular formula is C14H18N2O5. The fourth-order valence-corrected chi connectivity index (χ4v) is 2.51. The Bertz CT molecular complexity index is 546. The lowest BCUT2D eigenvalue weighted by Gasteiger charge is -2.28. The molecule has 0 spiro atoms. The standard InChI is InChI=1S/C14H18N2O5/c1-21-13-7-6-9(8-11(13)16(19)20)14(18)15-10-4-2-3-5-12(10)17/h6-8,10,12,17H,2-5H2,1H3,(H,15,18). The number of amides is 1. The van der Waals surface area contributed by atoms with Gasteiger partial charge in [-0.05, 0) is 25.0 Å². The van der Waals surface area contributed by atoms with Crippen LogP contribution in [0.1, 0.15) is 36.0 Å². The Labute approximate surface area is 122 Å². The average molecular weight is 294 g/mol. The first-order valence-electron chi connectivity index (χ1n) is 6.84. The monoisotopic (exact) mass is 294 g/mol. The van der Waals surface area contributed by atoms with Crippen molar-refractivity contribution in [3.05, 3.63) is 33.9 Å². The van der Waals surface area contributed by atoms with Crippen molar-refractivity contribution in [3.8, 4) is 5.75 Å². The number of nitrogens with zero attached hydrogens (tertiary/aromatic N) is 1. The van der Waals surface area contributed by atoms with Gasteiger partial charge in [-0.25, -0.2) is 0 Å². The lowest BCUT2D eigenvalue weighted by Crippen LogP contribution is -2.45. The molecule has 1 aromatic carbocycles. The number of hydrogen-bond acceptors (Lipinski definition) is 5. The number of methoxy groups -OCH3 is 1. The van der Waals surface area contributed by atoms with Crippen molar-refractivity contribution in [2.45, 2.75) is 37.8 Å². The molecule has 21 heavy (non-hydrogen) atoms. The maximum Gasteiger partial charge on any atom is 0.311 e.